The summed E-state index contributed by atoms with van der Waals surface area (Å²) >= 11 is 1.79. The van der Waals surface area contributed by atoms with Crippen molar-refractivity contribution in [1.82, 2.24) is 15.6 Å². The Labute approximate surface area is 127 Å². The number of aromatic nitrogens is 1. The molecular formula is C15H28N4S. The molecule has 0 atom stereocenters. The van der Waals surface area contributed by atoms with E-state index < -0.39 is 0 Å². The van der Waals surface area contributed by atoms with Gasteiger partial charge in [0.05, 0.1) is 10.7 Å². The van der Waals surface area contributed by atoms with Gasteiger partial charge in [-0.2, -0.15) is 0 Å². The van der Waals surface area contributed by atoms with E-state index in [1.54, 1.807) is 11.3 Å². The molecule has 1 aromatic rings. The summed E-state index contributed by atoms with van der Waals surface area (Å²) in [5.41, 5.74) is 1.17. The van der Waals surface area contributed by atoms with Crippen LogP contribution < -0.4 is 10.6 Å². The van der Waals surface area contributed by atoms with Gasteiger partial charge in [-0.1, -0.05) is 19.8 Å². The lowest BCUT2D eigenvalue weighted by atomic mass is 10.2. The van der Waals surface area contributed by atoms with Gasteiger partial charge >= 0.3 is 0 Å². The van der Waals surface area contributed by atoms with E-state index in [1.807, 2.05) is 0 Å². The fraction of sp³-hybridized carbons (Fsp3) is 0.733. The van der Waals surface area contributed by atoms with Crippen molar-refractivity contribution in [2.24, 2.45) is 4.99 Å². The van der Waals surface area contributed by atoms with E-state index >= 15 is 0 Å². The number of nitrogens with one attached hydrogen (secondary N) is 2. The Morgan fingerprint density at radius 2 is 2.00 bits per heavy atom. The third kappa shape index (κ3) is 6.37. The van der Waals surface area contributed by atoms with Crippen LogP contribution in [0, 0.1) is 13.8 Å². The minimum Gasteiger partial charge on any atom is -0.357 e. The van der Waals surface area contributed by atoms with Crippen LogP contribution in [0.2, 0.25) is 0 Å². The predicted molar refractivity (Wildman–Crippen MR) is 88.8 cm³/mol. The highest BCUT2D eigenvalue weighted by Crippen LogP contribution is 2.16. The fourth-order valence-corrected chi connectivity index (χ4v) is 2.93. The van der Waals surface area contributed by atoms with Gasteiger partial charge in [0.25, 0.3) is 0 Å². The summed E-state index contributed by atoms with van der Waals surface area (Å²) < 4.78 is 0. The van der Waals surface area contributed by atoms with E-state index in [0.717, 1.165) is 37.0 Å². The second-order valence-electron chi connectivity index (χ2n) is 4.89. The van der Waals surface area contributed by atoms with Gasteiger partial charge in [-0.15, -0.1) is 11.3 Å². The summed E-state index contributed by atoms with van der Waals surface area (Å²) in [6.45, 7) is 11.2. The van der Waals surface area contributed by atoms with E-state index in [0.29, 0.717) is 0 Å². The maximum absolute atomic E-state index is 4.59. The van der Waals surface area contributed by atoms with Crippen LogP contribution in [0.1, 0.15) is 48.7 Å². The predicted octanol–water partition coefficient (Wildman–Crippen LogP) is 3.05. The SMILES string of the molecule is CCCCCN=C(NCC)NCCc1sc(C)nc1C. The highest BCUT2D eigenvalue weighted by molar-refractivity contribution is 7.11. The van der Waals surface area contributed by atoms with Crippen molar-refractivity contribution < 1.29 is 0 Å². The molecule has 1 rings (SSSR count). The summed E-state index contributed by atoms with van der Waals surface area (Å²) in [5.74, 6) is 0.933. The lowest BCUT2D eigenvalue weighted by Gasteiger charge is -2.10. The molecule has 0 aliphatic carbocycles. The number of aliphatic imine (C=N–C) groups is 1. The number of hydrogen-bond acceptors (Lipinski definition) is 3. The molecule has 0 fully saturated rings. The number of nitrogens with zero attached hydrogens (tertiary/aromatic N) is 2. The van der Waals surface area contributed by atoms with Gasteiger partial charge in [0.2, 0.25) is 0 Å². The van der Waals surface area contributed by atoms with Gasteiger partial charge in [0, 0.05) is 30.9 Å². The molecule has 5 heteroatoms. The van der Waals surface area contributed by atoms with Crippen LogP contribution in [0.3, 0.4) is 0 Å². The van der Waals surface area contributed by atoms with Crippen LogP contribution >= 0.6 is 11.3 Å². The van der Waals surface area contributed by atoms with Crippen LogP contribution in [-0.4, -0.2) is 30.6 Å². The minimum absolute atomic E-state index is 0.901. The zero-order valence-corrected chi connectivity index (χ0v) is 14.1. The molecule has 0 unspecified atom stereocenters. The van der Waals surface area contributed by atoms with Gasteiger partial charge in [-0.25, -0.2) is 4.98 Å². The fourth-order valence-electron chi connectivity index (χ4n) is 1.99. The van der Waals surface area contributed by atoms with Crippen LogP contribution in [0.4, 0.5) is 0 Å². The smallest absolute Gasteiger partial charge is 0.191 e. The maximum atomic E-state index is 4.59. The second kappa shape index (κ2) is 9.75. The molecule has 1 heterocycles. The van der Waals surface area contributed by atoms with E-state index in [1.165, 1.54) is 29.8 Å². The topological polar surface area (TPSA) is 49.3 Å². The van der Waals surface area contributed by atoms with Crippen LogP contribution in [0.15, 0.2) is 4.99 Å². The van der Waals surface area contributed by atoms with Crippen molar-refractivity contribution in [1.29, 1.82) is 0 Å². The summed E-state index contributed by atoms with van der Waals surface area (Å²) in [4.78, 5) is 10.4. The molecule has 2 N–H and O–H groups in total. The summed E-state index contributed by atoms with van der Waals surface area (Å²) in [5, 5.41) is 7.84. The molecule has 0 spiro atoms. The highest BCUT2D eigenvalue weighted by Gasteiger charge is 2.04. The second-order valence-corrected chi connectivity index (χ2v) is 6.17. The molecule has 114 valence electrons. The molecule has 0 aliphatic heterocycles. The van der Waals surface area contributed by atoms with Gasteiger partial charge in [-0.05, 0) is 27.2 Å². The monoisotopic (exact) mass is 296 g/mol. The standard InChI is InChI=1S/C15H28N4S/c1-5-7-8-10-17-15(16-6-2)18-11-9-14-12(3)19-13(4)20-14/h5-11H2,1-4H3,(H2,16,17,18). The largest absolute Gasteiger partial charge is 0.357 e. The molecular weight excluding hydrogens is 268 g/mol. The minimum atomic E-state index is 0.901. The van der Waals surface area contributed by atoms with Gasteiger partial charge in [0.15, 0.2) is 5.96 Å². The van der Waals surface area contributed by atoms with Crippen molar-refractivity contribution in [3.05, 3.63) is 15.6 Å². The Kier molecular flexibility index (Phi) is 8.26. The van der Waals surface area contributed by atoms with Crippen molar-refractivity contribution in [2.75, 3.05) is 19.6 Å². The molecule has 20 heavy (non-hydrogen) atoms. The third-order valence-corrected chi connectivity index (χ3v) is 4.15. The lowest BCUT2D eigenvalue weighted by molar-refractivity contribution is 0.717. The Morgan fingerprint density at radius 3 is 2.60 bits per heavy atom. The lowest BCUT2D eigenvalue weighted by Crippen LogP contribution is -2.38. The molecule has 0 aromatic carbocycles. The van der Waals surface area contributed by atoms with Crippen LogP contribution in [-0.2, 0) is 6.42 Å². The highest BCUT2D eigenvalue weighted by atomic mass is 32.1. The first-order valence-corrected chi connectivity index (χ1v) is 8.44. The van der Waals surface area contributed by atoms with Crippen LogP contribution in [0.5, 0.6) is 0 Å². The molecule has 0 radical (unpaired) electrons. The van der Waals surface area contributed by atoms with Gasteiger partial charge in [-0.3, -0.25) is 4.99 Å². The number of hydrogen-bond donors (Lipinski definition) is 2. The number of aryl methyl sites for hydroxylation is 2. The Balaban J connectivity index is 2.36. The normalized spacial score (nSPS) is 11.7. The molecule has 4 nitrogen and oxygen atoms in total. The first-order valence-electron chi connectivity index (χ1n) is 7.62. The third-order valence-electron chi connectivity index (χ3n) is 3.02. The molecule has 1 aromatic heterocycles. The van der Waals surface area contributed by atoms with Gasteiger partial charge in [0.1, 0.15) is 0 Å². The zero-order chi connectivity index (χ0) is 14.8. The molecule has 0 aliphatic rings. The summed E-state index contributed by atoms with van der Waals surface area (Å²) in [7, 11) is 0. The zero-order valence-electron chi connectivity index (χ0n) is 13.3. The van der Waals surface area contributed by atoms with Crippen molar-refractivity contribution in [3.63, 3.8) is 0 Å². The summed E-state index contributed by atoms with van der Waals surface area (Å²) in [6, 6.07) is 0. The average molecular weight is 296 g/mol. The van der Waals surface area contributed by atoms with Crippen molar-refractivity contribution in [2.45, 2.75) is 53.4 Å². The van der Waals surface area contributed by atoms with Crippen LogP contribution in [0.25, 0.3) is 0 Å². The molecule has 0 amide bonds. The number of guanidine groups is 1. The quantitative estimate of drug-likeness (QED) is 0.440. The first kappa shape index (κ1) is 17.0. The van der Waals surface area contributed by atoms with Crippen molar-refractivity contribution in [3.8, 4) is 0 Å². The molecule has 0 saturated carbocycles. The first-order chi connectivity index (χ1) is 9.67. The summed E-state index contributed by atoms with van der Waals surface area (Å²) in [6.07, 6.45) is 4.67. The Hall–Kier alpha value is -1.10. The van der Waals surface area contributed by atoms with E-state index in [4.69, 9.17) is 0 Å². The van der Waals surface area contributed by atoms with Gasteiger partial charge < -0.3 is 10.6 Å². The van der Waals surface area contributed by atoms with E-state index in [9.17, 15) is 0 Å². The number of rotatable bonds is 8. The molecule has 0 saturated heterocycles. The number of unbranched alkanes of at least 4 members (excludes halogenated alkanes) is 2. The van der Waals surface area contributed by atoms with E-state index in [-0.39, 0.29) is 0 Å². The number of thiazole rings is 1. The Morgan fingerprint density at radius 1 is 1.20 bits per heavy atom. The maximum Gasteiger partial charge on any atom is 0.191 e. The Bertz CT molecular complexity index is 412. The van der Waals surface area contributed by atoms with E-state index in [2.05, 4.69) is 48.3 Å². The average Bonchev–Trinajstić information content (AvgIpc) is 2.73. The van der Waals surface area contributed by atoms with Crippen molar-refractivity contribution >= 4 is 17.3 Å². The molecule has 0 bridgehead atoms.